The SMILES string of the molecule is O=C1[C@@H]2[C@H](C(=O)N1c1ccc(-c3nc4ccc(-c5nc6ccc(N7C(=O)[C@H]8[C@H](C7=O)[C@H]7C=C[C@H]8C7)cc6[nH]5)cc4[nH]3)cc1)[C@H]1C=C[C@H]2C1. The van der Waals surface area contributed by atoms with Crippen LogP contribution in [0.15, 0.2) is 85.0 Å². The van der Waals surface area contributed by atoms with Crippen molar-refractivity contribution in [2.75, 3.05) is 9.80 Å². The number of hydrogen-bond donors (Lipinski definition) is 2. The molecule has 234 valence electrons. The van der Waals surface area contributed by atoms with Crippen LogP contribution in [0.5, 0.6) is 0 Å². The molecule has 8 atom stereocenters. The molecule has 6 aliphatic rings. The summed E-state index contributed by atoms with van der Waals surface area (Å²) in [4.78, 5) is 72.3. The number of rotatable bonds is 4. The van der Waals surface area contributed by atoms with E-state index in [-0.39, 0.29) is 71.0 Å². The summed E-state index contributed by atoms with van der Waals surface area (Å²) in [5, 5.41) is 0. The molecule has 2 aliphatic heterocycles. The molecule has 4 fully saturated rings. The third-order valence-electron chi connectivity index (χ3n) is 11.8. The van der Waals surface area contributed by atoms with Crippen LogP contribution in [0.25, 0.3) is 44.8 Å². The van der Waals surface area contributed by atoms with E-state index in [1.54, 1.807) is 6.07 Å². The zero-order valence-electron chi connectivity index (χ0n) is 25.5. The summed E-state index contributed by atoms with van der Waals surface area (Å²) in [6, 6.07) is 18.8. The molecule has 48 heavy (non-hydrogen) atoms. The lowest BCUT2D eigenvalue weighted by Gasteiger charge is -2.17. The van der Waals surface area contributed by atoms with Crippen LogP contribution in [0.1, 0.15) is 12.8 Å². The number of benzene rings is 3. The zero-order valence-corrected chi connectivity index (χ0v) is 25.5. The van der Waals surface area contributed by atoms with Gasteiger partial charge in [-0.3, -0.25) is 24.1 Å². The predicted molar refractivity (Wildman–Crippen MR) is 177 cm³/mol. The Kier molecular flexibility index (Phi) is 4.97. The van der Waals surface area contributed by atoms with Gasteiger partial charge in [-0.2, -0.15) is 0 Å². The second kappa shape index (κ2) is 9.03. The van der Waals surface area contributed by atoms with Gasteiger partial charge in [0.25, 0.3) is 0 Å². The van der Waals surface area contributed by atoms with Crippen LogP contribution < -0.4 is 9.80 Å². The van der Waals surface area contributed by atoms with Crippen LogP contribution in [-0.2, 0) is 19.2 Å². The molecule has 5 aromatic rings. The Morgan fingerprint density at radius 2 is 0.917 bits per heavy atom. The largest absolute Gasteiger partial charge is 0.338 e. The van der Waals surface area contributed by atoms with Crippen molar-refractivity contribution in [3.63, 3.8) is 0 Å². The number of imidazole rings is 2. The van der Waals surface area contributed by atoms with Crippen LogP contribution in [0.4, 0.5) is 11.4 Å². The first-order chi connectivity index (χ1) is 23.4. The minimum Gasteiger partial charge on any atom is -0.338 e. The number of allylic oxidation sites excluding steroid dienone is 4. The van der Waals surface area contributed by atoms with Crippen molar-refractivity contribution in [1.29, 1.82) is 0 Å². The number of aromatic amines is 2. The van der Waals surface area contributed by atoms with Gasteiger partial charge in [0, 0.05) is 11.1 Å². The summed E-state index contributed by atoms with van der Waals surface area (Å²) in [6.07, 6.45) is 10.2. The number of carbonyl (C=O) groups is 4. The minimum absolute atomic E-state index is 0.0859. The number of aromatic nitrogens is 4. The van der Waals surface area contributed by atoms with E-state index in [2.05, 4.69) is 34.3 Å². The Morgan fingerprint density at radius 1 is 0.500 bits per heavy atom. The van der Waals surface area contributed by atoms with E-state index in [1.807, 2.05) is 54.6 Å². The Morgan fingerprint density at radius 3 is 1.46 bits per heavy atom. The van der Waals surface area contributed by atoms with Crippen molar-refractivity contribution in [3.8, 4) is 22.8 Å². The molecule has 10 nitrogen and oxygen atoms in total. The van der Waals surface area contributed by atoms with Crippen molar-refractivity contribution in [1.82, 2.24) is 19.9 Å². The van der Waals surface area contributed by atoms with Gasteiger partial charge in [0.15, 0.2) is 0 Å². The maximum absolute atomic E-state index is 13.3. The third kappa shape index (κ3) is 3.36. The lowest BCUT2D eigenvalue weighted by Crippen LogP contribution is -2.32. The lowest BCUT2D eigenvalue weighted by molar-refractivity contribution is -0.124. The highest BCUT2D eigenvalue weighted by Gasteiger charge is 2.60. The molecular formula is C38H28N6O4. The molecule has 0 spiro atoms. The molecule has 4 bridgehead atoms. The van der Waals surface area contributed by atoms with Gasteiger partial charge < -0.3 is 9.97 Å². The van der Waals surface area contributed by atoms with Gasteiger partial charge in [-0.05, 0) is 97.2 Å². The van der Waals surface area contributed by atoms with E-state index >= 15 is 0 Å². The highest BCUT2D eigenvalue weighted by molar-refractivity contribution is 6.24. The van der Waals surface area contributed by atoms with Crippen LogP contribution >= 0.6 is 0 Å². The molecule has 4 heterocycles. The van der Waals surface area contributed by atoms with Crippen molar-refractivity contribution in [2.45, 2.75) is 12.8 Å². The number of anilines is 2. The molecule has 10 heteroatoms. The molecule has 0 radical (unpaired) electrons. The van der Waals surface area contributed by atoms with Crippen LogP contribution in [-0.4, -0.2) is 43.6 Å². The van der Waals surface area contributed by atoms with Gasteiger partial charge in [0.2, 0.25) is 23.6 Å². The second-order valence-electron chi connectivity index (χ2n) is 14.2. The number of hydrogen-bond acceptors (Lipinski definition) is 6. The maximum atomic E-state index is 13.3. The Balaban J connectivity index is 0.860. The van der Waals surface area contributed by atoms with Crippen molar-refractivity contribution in [2.24, 2.45) is 47.3 Å². The summed E-state index contributed by atoms with van der Waals surface area (Å²) >= 11 is 0. The molecule has 4 aliphatic carbocycles. The van der Waals surface area contributed by atoms with E-state index in [9.17, 15) is 19.2 Å². The number of amides is 4. The number of H-pyrrole nitrogens is 2. The summed E-state index contributed by atoms with van der Waals surface area (Å²) in [5.41, 5.74) is 5.97. The molecule has 3 aromatic carbocycles. The van der Waals surface area contributed by atoms with Crippen molar-refractivity contribution < 1.29 is 19.2 Å². The molecule has 2 saturated heterocycles. The fourth-order valence-electron chi connectivity index (χ4n) is 9.65. The first kappa shape index (κ1) is 26.4. The smallest absolute Gasteiger partial charge is 0.238 e. The fourth-order valence-corrected chi connectivity index (χ4v) is 9.65. The molecule has 2 N–H and O–H groups in total. The van der Waals surface area contributed by atoms with Gasteiger partial charge in [-0.25, -0.2) is 14.9 Å². The summed E-state index contributed by atoms with van der Waals surface area (Å²) in [6.45, 7) is 0. The fraction of sp³-hybridized carbons (Fsp3) is 0.263. The van der Waals surface area contributed by atoms with Gasteiger partial charge >= 0.3 is 0 Å². The molecule has 11 rings (SSSR count). The number of imide groups is 2. The molecule has 2 aromatic heterocycles. The van der Waals surface area contributed by atoms with E-state index in [0.717, 1.165) is 46.0 Å². The van der Waals surface area contributed by atoms with Crippen LogP contribution in [0.3, 0.4) is 0 Å². The Labute approximate surface area is 273 Å². The normalized spacial score (nSPS) is 31.1. The van der Waals surface area contributed by atoms with Crippen molar-refractivity contribution in [3.05, 3.63) is 85.0 Å². The van der Waals surface area contributed by atoms with Crippen molar-refractivity contribution >= 4 is 57.1 Å². The zero-order chi connectivity index (χ0) is 32.0. The monoisotopic (exact) mass is 632 g/mol. The maximum Gasteiger partial charge on any atom is 0.238 e. The van der Waals surface area contributed by atoms with Crippen LogP contribution in [0.2, 0.25) is 0 Å². The van der Waals surface area contributed by atoms with Gasteiger partial charge in [-0.15, -0.1) is 0 Å². The van der Waals surface area contributed by atoms with Crippen LogP contribution in [0, 0.1) is 47.3 Å². The first-order valence-corrected chi connectivity index (χ1v) is 16.6. The van der Waals surface area contributed by atoms with Gasteiger partial charge in [0.1, 0.15) is 11.6 Å². The second-order valence-corrected chi connectivity index (χ2v) is 14.2. The van der Waals surface area contributed by atoms with E-state index in [4.69, 9.17) is 9.97 Å². The Hall–Kier alpha value is -5.64. The summed E-state index contributed by atoms with van der Waals surface area (Å²) < 4.78 is 0. The Bertz CT molecular complexity index is 2310. The number of nitrogens with zero attached hydrogens (tertiary/aromatic N) is 4. The predicted octanol–water partition coefficient (Wildman–Crippen LogP) is 5.40. The summed E-state index contributed by atoms with van der Waals surface area (Å²) in [7, 11) is 0. The van der Waals surface area contributed by atoms with Gasteiger partial charge in [0.05, 0.1) is 57.1 Å². The topological polar surface area (TPSA) is 132 Å². The lowest BCUT2D eigenvalue weighted by atomic mass is 9.85. The highest BCUT2D eigenvalue weighted by atomic mass is 16.2. The standard InChI is InChI=1S/C38H28N6O4/c45-35-29-18-1-2-19(13-18)30(29)36(46)43(35)23-8-5-17(6-9-23)33-39-25-11-7-22(15-27(25)41-33)34-40-26-12-10-24(16-28(26)42-34)44-37(47)31-20-3-4-21(14-20)32(31)38(44)48/h1-12,15-16,18-21,29-32H,13-14H2,(H,39,41)(H,40,42)/t18-,19-,20-,21-,29-,30+,31+,32+/m0/s1. The minimum atomic E-state index is -0.240. The molecular weight excluding hydrogens is 604 g/mol. The summed E-state index contributed by atoms with van der Waals surface area (Å²) in [5.74, 6) is 0.732. The third-order valence-corrected chi connectivity index (χ3v) is 11.8. The quantitative estimate of drug-likeness (QED) is 0.202. The highest BCUT2D eigenvalue weighted by Crippen LogP contribution is 2.54. The molecule has 0 unspecified atom stereocenters. The van der Waals surface area contributed by atoms with E-state index in [1.165, 1.54) is 9.80 Å². The molecule has 4 amide bonds. The van der Waals surface area contributed by atoms with E-state index < -0.39 is 0 Å². The van der Waals surface area contributed by atoms with E-state index in [0.29, 0.717) is 23.0 Å². The number of carbonyl (C=O) groups excluding carboxylic acids is 4. The number of nitrogens with one attached hydrogen (secondary N) is 2. The average molecular weight is 633 g/mol. The molecule has 2 saturated carbocycles. The first-order valence-electron chi connectivity index (χ1n) is 16.6. The number of fused-ring (bicyclic) bond motifs is 12. The van der Waals surface area contributed by atoms with Gasteiger partial charge in [-0.1, -0.05) is 24.3 Å². The average Bonchev–Trinajstić information content (AvgIpc) is 3.95.